The van der Waals surface area contributed by atoms with E-state index in [1.807, 2.05) is 28.2 Å². The second-order valence-corrected chi connectivity index (χ2v) is 7.02. The number of benzene rings is 2. The minimum absolute atomic E-state index is 0.0893. The van der Waals surface area contributed by atoms with E-state index in [0.717, 1.165) is 11.5 Å². The van der Waals surface area contributed by atoms with Gasteiger partial charge in [0.05, 0.1) is 5.57 Å². The molecule has 0 amide bonds. The number of allylic oxidation sites excluding steroid dienone is 1. The van der Waals surface area contributed by atoms with E-state index in [1.54, 1.807) is 0 Å². The maximum absolute atomic E-state index is 6.33. The smallest absolute Gasteiger partial charge is 0.480 e. The van der Waals surface area contributed by atoms with Gasteiger partial charge in [-0.2, -0.15) is 0 Å². The van der Waals surface area contributed by atoms with Crippen molar-refractivity contribution >= 4 is 23.4 Å². The maximum Gasteiger partial charge on any atom is 0.480 e. The molecule has 0 N–H and O–H groups in total. The summed E-state index contributed by atoms with van der Waals surface area (Å²) in [5.41, 5.74) is 3.49. The summed E-state index contributed by atoms with van der Waals surface area (Å²) in [5.74, 6) is 3.07. The molecule has 0 atom stereocenters. The molecule has 2 aromatic carbocycles. The van der Waals surface area contributed by atoms with Gasteiger partial charge in [-0.25, -0.2) is 0 Å². The van der Waals surface area contributed by atoms with E-state index in [-0.39, 0.29) is 7.05 Å². The molecule has 0 saturated heterocycles. The Labute approximate surface area is 151 Å². The van der Waals surface area contributed by atoms with Gasteiger partial charge in [-0.05, 0) is 36.4 Å². The Balaban J connectivity index is 2.28. The number of nitrogens with zero attached hydrogens (tertiary/aromatic N) is 3. The molecule has 0 fully saturated rings. The number of rotatable bonds is 4. The van der Waals surface area contributed by atoms with Crippen molar-refractivity contribution in [2.45, 2.75) is 0 Å². The van der Waals surface area contributed by atoms with Crippen LogP contribution in [0.15, 0.2) is 60.0 Å². The Bertz CT molecular complexity index is 834. The molecule has 0 bridgehead atoms. The van der Waals surface area contributed by atoms with Gasteiger partial charge in [-0.15, -0.1) is 0 Å². The largest absolute Gasteiger partial charge is 0.529 e. The van der Waals surface area contributed by atoms with Gasteiger partial charge in [0.25, 0.3) is 0 Å². The summed E-state index contributed by atoms with van der Waals surface area (Å²) in [6.45, 7) is 0. The van der Waals surface area contributed by atoms with E-state index in [2.05, 4.69) is 77.1 Å². The van der Waals surface area contributed by atoms with Crippen LogP contribution in [0.5, 0.6) is 0 Å². The van der Waals surface area contributed by atoms with Gasteiger partial charge in [0, 0.05) is 33.9 Å². The zero-order valence-corrected chi connectivity index (χ0v) is 15.9. The highest BCUT2D eigenvalue weighted by Gasteiger charge is 2.32. The zero-order valence-electron chi connectivity index (χ0n) is 15.9. The summed E-state index contributed by atoms with van der Waals surface area (Å²) in [7, 11) is 12.2. The number of hydrogen-bond acceptors (Lipinski definition) is 4. The van der Waals surface area contributed by atoms with Gasteiger partial charge in [0.2, 0.25) is 0 Å². The molecule has 25 heavy (non-hydrogen) atoms. The van der Waals surface area contributed by atoms with Gasteiger partial charge in [-0.1, -0.05) is 42.5 Å². The summed E-state index contributed by atoms with van der Waals surface area (Å²) < 4.78 is 6.33. The third-order valence-electron chi connectivity index (χ3n) is 4.46. The summed E-state index contributed by atoms with van der Waals surface area (Å²) in [5, 5.41) is 2.47. The first-order valence-electron chi connectivity index (χ1n) is 8.52. The lowest BCUT2D eigenvalue weighted by atomic mass is 9.76. The fraction of sp³-hybridized carbons (Fsp3) is 0.300. The predicted molar refractivity (Wildman–Crippen MR) is 107 cm³/mol. The normalized spacial score (nSPS) is 14.7. The molecule has 1 heterocycles. The Morgan fingerprint density at radius 2 is 1.48 bits per heavy atom. The van der Waals surface area contributed by atoms with Gasteiger partial charge in [0.15, 0.2) is 5.88 Å². The summed E-state index contributed by atoms with van der Waals surface area (Å²) in [4.78, 5) is 6.30. The van der Waals surface area contributed by atoms with Gasteiger partial charge < -0.3 is 19.3 Å². The van der Waals surface area contributed by atoms with Crippen molar-refractivity contribution < 1.29 is 4.65 Å². The first kappa shape index (κ1) is 17.4. The third kappa shape index (κ3) is 3.24. The van der Waals surface area contributed by atoms with Crippen molar-refractivity contribution in [1.29, 1.82) is 0 Å². The molecule has 0 unspecified atom stereocenters. The molecular weight excluding hydrogens is 309 g/mol. The second-order valence-electron chi connectivity index (χ2n) is 7.02. The van der Waals surface area contributed by atoms with E-state index in [0.29, 0.717) is 0 Å². The van der Waals surface area contributed by atoms with E-state index in [1.165, 1.54) is 22.0 Å². The minimum Gasteiger partial charge on any atom is -0.529 e. The highest BCUT2D eigenvalue weighted by atomic mass is 16.5. The fourth-order valence-electron chi connectivity index (χ4n) is 3.19. The standard InChI is InChI=1S/C20H26BN3O/c1-22(2)18-14-21(24(5)6)25-20(23(3)4)19(18)17-13-9-11-15-10-7-8-12-16(15)17/h7-14H,1-6H3. The number of hydrogen-bond donors (Lipinski definition) is 0. The van der Waals surface area contributed by atoms with Crippen LogP contribution >= 0.6 is 0 Å². The number of fused-ring (bicyclic) bond motifs is 1. The molecule has 0 saturated carbocycles. The fourth-order valence-corrected chi connectivity index (χ4v) is 3.19. The van der Waals surface area contributed by atoms with Crippen LogP contribution in [0.3, 0.4) is 0 Å². The van der Waals surface area contributed by atoms with Crippen molar-refractivity contribution in [2.24, 2.45) is 0 Å². The monoisotopic (exact) mass is 335 g/mol. The second kappa shape index (κ2) is 6.85. The van der Waals surface area contributed by atoms with Gasteiger partial charge >= 0.3 is 7.05 Å². The van der Waals surface area contributed by atoms with Crippen LogP contribution in [-0.2, 0) is 4.65 Å². The lowest BCUT2D eigenvalue weighted by molar-refractivity contribution is 0.263. The van der Waals surface area contributed by atoms with E-state index < -0.39 is 0 Å². The minimum atomic E-state index is -0.0893. The summed E-state index contributed by atoms with van der Waals surface area (Å²) >= 11 is 0. The van der Waals surface area contributed by atoms with Crippen molar-refractivity contribution in [1.82, 2.24) is 14.6 Å². The Morgan fingerprint density at radius 1 is 0.800 bits per heavy atom. The zero-order chi connectivity index (χ0) is 18.1. The van der Waals surface area contributed by atoms with Gasteiger partial charge in [-0.3, -0.25) is 0 Å². The molecule has 4 nitrogen and oxygen atoms in total. The van der Waals surface area contributed by atoms with Gasteiger partial charge in [0.1, 0.15) is 0 Å². The van der Waals surface area contributed by atoms with Crippen LogP contribution in [0.25, 0.3) is 16.3 Å². The summed E-state index contributed by atoms with van der Waals surface area (Å²) in [6.07, 6.45) is 0. The predicted octanol–water partition coefficient (Wildman–Crippen LogP) is 3.13. The lowest BCUT2D eigenvalue weighted by Crippen LogP contribution is -2.40. The third-order valence-corrected chi connectivity index (χ3v) is 4.46. The van der Waals surface area contributed by atoms with Crippen LogP contribution in [0.1, 0.15) is 5.56 Å². The first-order valence-corrected chi connectivity index (χ1v) is 8.52. The summed E-state index contributed by atoms with van der Waals surface area (Å²) in [6, 6.07) is 14.9. The molecule has 130 valence electrons. The molecule has 3 rings (SSSR count). The Hall–Kier alpha value is -2.40. The van der Waals surface area contributed by atoms with Crippen LogP contribution in [0, 0.1) is 0 Å². The molecular formula is C20H26BN3O. The van der Waals surface area contributed by atoms with E-state index in [4.69, 9.17) is 4.65 Å². The quantitative estimate of drug-likeness (QED) is 0.799. The van der Waals surface area contributed by atoms with Crippen molar-refractivity contribution in [3.05, 3.63) is 65.6 Å². The molecule has 5 heteroatoms. The first-order chi connectivity index (χ1) is 11.9. The van der Waals surface area contributed by atoms with Crippen molar-refractivity contribution in [3.63, 3.8) is 0 Å². The lowest BCUT2D eigenvalue weighted by Gasteiger charge is -2.35. The van der Waals surface area contributed by atoms with E-state index >= 15 is 0 Å². The molecule has 1 aliphatic heterocycles. The average Bonchev–Trinajstić information content (AvgIpc) is 2.59. The molecule has 1 aliphatic rings. The van der Waals surface area contributed by atoms with Crippen LogP contribution < -0.4 is 0 Å². The Morgan fingerprint density at radius 3 is 2.12 bits per heavy atom. The molecule has 0 spiro atoms. The van der Waals surface area contributed by atoms with Crippen LogP contribution in [-0.4, -0.2) is 63.9 Å². The average molecular weight is 335 g/mol. The number of likely N-dealkylation sites (N-methyl/N-ethyl adjacent to an activating group) is 1. The molecule has 0 radical (unpaired) electrons. The highest BCUT2D eigenvalue weighted by molar-refractivity contribution is 6.56. The van der Waals surface area contributed by atoms with Crippen molar-refractivity contribution in [3.8, 4) is 0 Å². The SMILES string of the molecule is CN(C)B1C=C(N(C)C)C(c2cccc3ccccc23)=C(N(C)C)O1. The topological polar surface area (TPSA) is 19.0 Å². The van der Waals surface area contributed by atoms with E-state index in [9.17, 15) is 0 Å². The molecule has 2 aromatic rings. The Kier molecular flexibility index (Phi) is 4.77. The van der Waals surface area contributed by atoms with Crippen LogP contribution in [0.4, 0.5) is 0 Å². The highest BCUT2D eigenvalue weighted by Crippen LogP contribution is 2.37. The van der Waals surface area contributed by atoms with Crippen LogP contribution in [0.2, 0.25) is 0 Å². The maximum atomic E-state index is 6.33. The molecule has 0 aliphatic carbocycles. The molecule has 0 aromatic heterocycles. The van der Waals surface area contributed by atoms with Crippen molar-refractivity contribution in [2.75, 3.05) is 42.3 Å².